The Morgan fingerprint density at radius 3 is 2.71 bits per heavy atom. The molecule has 2 aromatic heterocycles. The Kier molecular flexibility index (Phi) is 4.24. The number of hydrogen-bond acceptors (Lipinski definition) is 5. The van der Waals surface area contributed by atoms with Crippen molar-refractivity contribution < 1.29 is 0 Å². The molecule has 158 valence electrons. The zero-order valence-corrected chi connectivity index (χ0v) is 17.4. The van der Waals surface area contributed by atoms with Gasteiger partial charge in [-0.05, 0) is 56.6 Å². The van der Waals surface area contributed by atoms with E-state index in [1.807, 2.05) is 30.3 Å². The second-order valence-electron chi connectivity index (χ2n) is 8.71. The molecule has 4 aromatic rings. The van der Waals surface area contributed by atoms with Crippen molar-refractivity contribution in [3.63, 3.8) is 0 Å². The average molecular weight is 415 g/mol. The Hall–Kier alpha value is -3.32. The summed E-state index contributed by atoms with van der Waals surface area (Å²) < 4.78 is 0. The highest BCUT2D eigenvalue weighted by Gasteiger charge is 2.29. The third-order valence-electron chi connectivity index (χ3n) is 6.85. The number of likely N-dealkylation sites (tertiary alicyclic amines) is 1. The smallest absolute Gasteiger partial charge is 0.261 e. The number of hydrogen-bond donors (Lipinski definition) is 3. The van der Waals surface area contributed by atoms with E-state index in [4.69, 9.17) is 5.73 Å². The highest BCUT2D eigenvalue weighted by molar-refractivity contribution is 5.97. The molecule has 2 saturated heterocycles. The molecule has 1 unspecified atom stereocenters. The number of H-pyrrole nitrogens is 2. The SMILES string of the molecule is Nc1c(-c2nc3ccc(N4CCC(N5CCCC5)C4)cc3[nH]2)c(=O)[nH]c2ccccc12. The van der Waals surface area contributed by atoms with Crippen LogP contribution in [0.3, 0.4) is 0 Å². The molecule has 2 aliphatic rings. The molecule has 0 spiro atoms. The summed E-state index contributed by atoms with van der Waals surface area (Å²) in [6.45, 7) is 4.63. The van der Waals surface area contributed by atoms with Gasteiger partial charge in [-0.15, -0.1) is 0 Å². The number of imidazole rings is 1. The van der Waals surface area contributed by atoms with Crippen LogP contribution in [0.5, 0.6) is 0 Å². The van der Waals surface area contributed by atoms with Crippen LogP contribution < -0.4 is 16.2 Å². The summed E-state index contributed by atoms with van der Waals surface area (Å²) in [6, 6.07) is 14.5. The summed E-state index contributed by atoms with van der Waals surface area (Å²) in [7, 11) is 0. The van der Waals surface area contributed by atoms with Crippen LogP contribution in [0.15, 0.2) is 47.3 Å². The molecule has 0 bridgehead atoms. The van der Waals surface area contributed by atoms with E-state index in [0.29, 0.717) is 23.1 Å². The first-order valence-electron chi connectivity index (χ1n) is 11.1. The number of anilines is 2. The monoisotopic (exact) mass is 414 g/mol. The minimum absolute atomic E-state index is 0.233. The van der Waals surface area contributed by atoms with Crippen molar-refractivity contribution in [2.75, 3.05) is 36.8 Å². The summed E-state index contributed by atoms with van der Waals surface area (Å²) in [5.41, 5.74) is 10.7. The number of benzene rings is 2. The lowest BCUT2D eigenvalue weighted by atomic mass is 10.1. The molecule has 4 heterocycles. The van der Waals surface area contributed by atoms with Gasteiger partial charge in [-0.2, -0.15) is 0 Å². The van der Waals surface area contributed by atoms with Gasteiger partial charge in [0.1, 0.15) is 11.4 Å². The Bertz CT molecular complexity index is 1330. The van der Waals surface area contributed by atoms with Gasteiger partial charge in [0.25, 0.3) is 5.56 Å². The number of nitrogen functional groups attached to an aromatic ring is 1. The molecule has 0 radical (unpaired) electrons. The van der Waals surface area contributed by atoms with Crippen LogP contribution in [0, 0.1) is 0 Å². The summed E-state index contributed by atoms with van der Waals surface area (Å²) in [5.74, 6) is 0.507. The van der Waals surface area contributed by atoms with Gasteiger partial charge in [0.05, 0.1) is 22.2 Å². The van der Waals surface area contributed by atoms with Crippen molar-refractivity contribution in [3.8, 4) is 11.4 Å². The van der Waals surface area contributed by atoms with E-state index < -0.39 is 0 Å². The van der Waals surface area contributed by atoms with Crippen LogP contribution in [0.4, 0.5) is 11.4 Å². The number of rotatable bonds is 3. The van der Waals surface area contributed by atoms with Gasteiger partial charge < -0.3 is 20.6 Å². The molecule has 1 atom stereocenters. The van der Waals surface area contributed by atoms with Crippen LogP contribution in [0.2, 0.25) is 0 Å². The van der Waals surface area contributed by atoms with Gasteiger partial charge in [0.15, 0.2) is 0 Å². The van der Waals surface area contributed by atoms with E-state index in [0.717, 1.165) is 35.0 Å². The molecule has 0 amide bonds. The van der Waals surface area contributed by atoms with Crippen molar-refractivity contribution in [1.29, 1.82) is 0 Å². The van der Waals surface area contributed by atoms with E-state index >= 15 is 0 Å². The maximum atomic E-state index is 12.8. The van der Waals surface area contributed by atoms with E-state index in [1.165, 1.54) is 38.0 Å². The third-order valence-corrected chi connectivity index (χ3v) is 6.85. The van der Waals surface area contributed by atoms with Crippen molar-refractivity contribution in [1.82, 2.24) is 19.9 Å². The molecule has 4 N–H and O–H groups in total. The second-order valence-corrected chi connectivity index (χ2v) is 8.71. The lowest BCUT2D eigenvalue weighted by molar-refractivity contribution is 0.260. The van der Waals surface area contributed by atoms with Crippen LogP contribution in [-0.4, -0.2) is 52.1 Å². The molecule has 7 nitrogen and oxygen atoms in total. The lowest BCUT2D eigenvalue weighted by Crippen LogP contribution is -2.35. The summed E-state index contributed by atoms with van der Waals surface area (Å²) >= 11 is 0. The first kappa shape index (κ1) is 18.4. The first-order valence-corrected chi connectivity index (χ1v) is 11.1. The summed E-state index contributed by atoms with van der Waals surface area (Å²) in [6.07, 6.45) is 3.88. The molecule has 0 aliphatic carbocycles. The molecule has 2 aromatic carbocycles. The largest absolute Gasteiger partial charge is 0.397 e. The van der Waals surface area contributed by atoms with Crippen LogP contribution in [0.1, 0.15) is 19.3 Å². The zero-order chi connectivity index (χ0) is 20.9. The highest BCUT2D eigenvalue weighted by atomic mass is 16.1. The number of nitrogens with zero attached hydrogens (tertiary/aromatic N) is 3. The predicted octanol–water partition coefficient (Wildman–Crippen LogP) is 3.33. The fraction of sp³-hybridized carbons (Fsp3) is 0.333. The standard InChI is InChI=1S/C24H26N6O/c25-22-17-5-1-2-6-18(17)28-24(31)21(22)23-26-19-8-7-15(13-20(19)27-23)30-12-9-16(14-30)29-10-3-4-11-29/h1-2,5-8,13,16H,3-4,9-12,14H2,(H,26,27)(H3,25,28,31). The van der Waals surface area contributed by atoms with Gasteiger partial charge in [0.2, 0.25) is 0 Å². The normalized spacial score (nSPS) is 19.7. The Morgan fingerprint density at radius 1 is 1.00 bits per heavy atom. The molecule has 0 saturated carbocycles. The number of nitrogens with one attached hydrogen (secondary N) is 2. The van der Waals surface area contributed by atoms with Gasteiger partial charge >= 0.3 is 0 Å². The number of aromatic nitrogens is 3. The molecule has 31 heavy (non-hydrogen) atoms. The minimum atomic E-state index is -0.233. The molecule has 2 fully saturated rings. The second kappa shape index (κ2) is 7.13. The maximum Gasteiger partial charge on any atom is 0.261 e. The molecular formula is C24H26N6O. The van der Waals surface area contributed by atoms with Crippen LogP contribution >= 0.6 is 0 Å². The molecule has 7 heteroatoms. The van der Waals surface area contributed by atoms with E-state index in [2.05, 4.69) is 36.9 Å². The topological polar surface area (TPSA) is 94.0 Å². The maximum absolute atomic E-state index is 12.8. The third kappa shape index (κ3) is 3.08. The fourth-order valence-electron chi connectivity index (χ4n) is 5.20. The molecule has 6 rings (SSSR count). The highest BCUT2D eigenvalue weighted by Crippen LogP contribution is 2.31. The predicted molar refractivity (Wildman–Crippen MR) is 125 cm³/mol. The van der Waals surface area contributed by atoms with Crippen molar-refractivity contribution in [3.05, 3.63) is 52.8 Å². The van der Waals surface area contributed by atoms with Gasteiger partial charge in [-0.1, -0.05) is 18.2 Å². The van der Waals surface area contributed by atoms with E-state index in [-0.39, 0.29) is 5.56 Å². The minimum Gasteiger partial charge on any atom is -0.397 e. The van der Waals surface area contributed by atoms with Gasteiger partial charge in [-0.25, -0.2) is 4.98 Å². The van der Waals surface area contributed by atoms with Gasteiger partial charge in [-0.3, -0.25) is 9.69 Å². The number of nitrogens with two attached hydrogens (primary N) is 1. The van der Waals surface area contributed by atoms with Crippen LogP contribution in [-0.2, 0) is 0 Å². The summed E-state index contributed by atoms with van der Waals surface area (Å²) in [5, 5.41) is 0.822. The Morgan fingerprint density at radius 2 is 1.84 bits per heavy atom. The molecule has 2 aliphatic heterocycles. The number of fused-ring (bicyclic) bond motifs is 2. The first-order chi connectivity index (χ1) is 15.2. The Balaban J connectivity index is 1.35. The van der Waals surface area contributed by atoms with E-state index in [1.54, 1.807) is 0 Å². The zero-order valence-electron chi connectivity index (χ0n) is 17.4. The van der Waals surface area contributed by atoms with Crippen molar-refractivity contribution in [2.45, 2.75) is 25.3 Å². The average Bonchev–Trinajstić information content (AvgIpc) is 3.52. The number of para-hydroxylation sites is 1. The van der Waals surface area contributed by atoms with Crippen molar-refractivity contribution in [2.24, 2.45) is 0 Å². The van der Waals surface area contributed by atoms with Gasteiger partial charge in [0, 0.05) is 30.2 Å². The van der Waals surface area contributed by atoms with Crippen LogP contribution in [0.25, 0.3) is 33.3 Å². The fourth-order valence-corrected chi connectivity index (χ4v) is 5.20. The molecular weight excluding hydrogens is 388 g/mol. The number of aromatic amines is 2. The Labute approximate surface area is 179 Å². The number of pyridine rings is 1. The quantitative estimate of drug-likeness (QED) is 0.478. The summed E-state index contributed by atoms with van der Waals surface area (Å²) in [4.78, 5) is 28.8. The van der Waals surface area contributed by atoms with E-state index in [9.17, 15) is 4.79 Å². The van der Waals surface area contributed by atoms with Crippen molar-refractivity contribution >= 4 is 33.3 Å². The lowest BCUT2D eigenvalue weighted by Gasteiger charge is -2.24.